The van der Waals surface area contributed by atoms with Crippen molar-refractivity contribution in [1.29, 1.82) is 0 Å². The van der Waals surface area contributed by atoms with E-state index in [0.717, 1.165) is 28.6 Å². The Hall–Kier alpha value is -3.79. The second-order valence-corrected chi connectivity index (χ2v) is 11.4. The highest BCUT2D eigenvalue weighted by Crippen LogP contribution is 2.23. The summed E-state index contributed by atoms with van der Waals surface area (Å²) in [6.45, 7) is 11.3. The number of aromatic nitrogens is 1. The van der Waals surface area contributed by atoms with Gasteiger partial charge in [0.05, 0.1) is 10.9 Å². The zero-order valence-corrected chi connectivity index (χ0v) is 24.9. The number of aryl methyl sites for hydroxylation is 1. The summed E-state index contributed by atoms with van der Waals surface area (Å²) < 4.78 is 0. The van der Waals surface area contributed by atoms with Gasteiger partial charge in [0.1, 0.15) is 18.1 Å². The predicted octanol–water partition coefficient (Wildman–Crippen LogP) is 3.45. The molecule has 1 aliphatic rings. The topological polar surface area (TPSA) is 141 Å². The monoisotopic (exact) mass is 565 g/mol. The van der Waals surface area contributed by atoms with Crippen LogP contribution in [0.25, 0.3) is 17.0 Å². The molecule has 2 heterocycles. The second kappa shape index (κ2) is 13.7. The maximum absolute atomic E-state index is 13.4. The molecule has 0 bridgehead atoms. The average molecular weight is 566 g/mol. The summed E-state index contributed by atoms with van der Waals surface area (Å²) in [7, 11) is 0. The summed E-state index contributed by atoms with van der Waals surface area (Å²) in [5.74, 6) is -2.43. The Morgan fingerprint density at radius 1 is 1.15 bits per heavy atom. The van der Waals surface area contributed by atoms with Gasteiger partial charge in [-0.15, -0.1) is 0 Å². The molecule has 222 valence electrons. The number of benzene rings is 1. The Balaban J connectivity index is 1.68. The molecule has 1 saturated heterocycles. The third kappa shape index (κ3) is 8.13. The zero-order valence-electron chi connectivity index (χ0n) is 24.9. The van der Waals surface area contributed by atoms with E-state index in [-0.39, 0.29) is 11.8 Å². The number of nitrogens with one attached hydrogen (secondary N) is 3. The van der Waals surface area contributed by atoms with Crippen molar-refractivity contribution >= 4 is 40.7 Å². The highest BCUT2D eigenvalue weighted by Gasteiger charge is 2.35. The minimum atomic E-state index is -1.03. The molecule has 1 aromatic heterocycles. The first-order chi connectivity index (χ1) is 19.4. The molecule has 41 heavy (non-hydrogen) atoms. The van der Waals surface area contributed by atoms with Crippen molar-refractivity contribution in [2.24, 2.45) is 11.3 Å². The van der Waals surface area contributed by atoms with Crippen molar-refractivity contribution in [3.05, 3.63) is 47.7 Å². The van der Waals surface area contributed by atoms with E-state index in [1.165, 1.54) is 5.01 Å². The molecule has 0 radical (unpaired) electrons. The molecule has 4 N–H and O–H groups in total. The summed E-state index contributed by atoms with van der Waals surface area (Å²) >= 11 is 0. The third-order valence-electron chi connectivity index (χ3n) is 7.68. The van der Waals surface area contributed by atoms with Crippen LogP contribution >= 0.6 is 0 Å². The van der Waals surface area contributed by atoms with Gasteiger partial charge in [0.25, 0.3) is 5.91 Å². The lowest BCUT2D eigenvalue weighted by Crippen LogP contribution is -2.61. The summed E-state index contributed by atoms with van der Waals surface area (Å²) in [5.41, 5.74) is 4.61. The smallest absolute Gasteiger partial charge is 0.322 e. The van der Waals surface area contributed by atoms with E-state index in [0.29, 0.717) is 25.8 Å². The van der Waals surface area contributed by atoms with Crippen molar-refractivity contribution < 1.29 is 24.3 Å². The lowest BCUT2D eigenvalue weighted by atomic mass is 9.89. The molecule has 10 nitrogen and oxygen atoms in total. The van der Waals surface area contributed by atoms with Crippen LogP contribution in [0, 0.1) is 11.3 Å². The molecule has 1 fully saturated rings. The number of amides is 3. The first-order valence-corrected chi connectivity index (χ1v) is 14.4. The molecule has 0 spiro atoms. The van der Waals surface area contributed by atoms with E-state index in [9.17, 15) is 24.3 Å². The Labute approximate surface area is 241 Å². The molecule has 1 aromatic carbocycles. The van der Waals surface area contributed by atoms with Crippen molar-refractivity contribution in [3.8, 4) is 0 Å². The maximum atomic E-state index is 13.4. The van der Waals surface area contributed by atoms with E-state index in [1.807, 2.05) is 50.3 Å². The Kier molecular flexibility index (Phi) is 10.6. The van der Waals surface area contributed by atoms with Crippen LogP contribution in [0.2, 0.25) is 0 Å². The number of nitrogens with zero attached hydrogens (tertiary/aromatic N) is 2. The highest BCUT2D eigenvalue weighted by molar-refractivity contribution is 5.94. The number of rotatable bonds is 11. The first kappa shape index (κ1) is 31.7. The van der Waals surface area contributed by atoms with E-state index in [1.54, 1.807) is 20.8 Å². The number of carbonyl (C=O) groups excluding carboxylic acids is 3. The normalized spacial score (nSPS) is 18.1. The summed E-state index contributed by atoms with van der Waals surface area (Å²) in [6.07, 6.45) is 6.14. The summed E-state index contributed by atoms with van der Waals surface area (Å²) in [4.78, 5) is 55.6. The van der Waals surface area contributed by atoms with Gasteiger partial charge in [-0.1, -0.05) is 57.5 Å². The van der Waals surface area contributed by atoms with Crippen LogP contribution in [0.3, 0.4) is 0 Å². The van der Waals surface area contributed by atoms with E-state index in [4.69, 9.17) is 0 Å². The van der Waals surface area contributed by atoms with Gasteiger partial charge < -0.3 is 15.7 Å². The van der Waals surface area contributed by atoms with Crippen molar-refractivity contribution in [2.45, 2.75) is 85.4 Å². The molecule has 0 aliphatic carbocycles. The van der Waals surface area contributed by atoms with Crippen LogP contribution in [0.15, 0.2) is 36.4 Å². The molecule has 4 atom stereocenters. The largest absolute Gasteiger partial charge is 0.480 e. The number of pyridine rings is 1. The zero-order chi connectivity index (χ0) is 30.3. The number of carboxylic acid groups (broad SMARTS) is 1. The number of carboxylic acids is 1. The molecule has 4 unspecified atom stereocenters. The third-order valence-corrected chi connectivity index (χ3v) is 7.68. The van der Waals surface area contributed by atoms with Gasteiger partial charge in [-0.2, -0.15) is 0 Å². The quantitative estimate of drug-likeness (QED) is 0.327. The van der Waals surface area contributed by atoms with E-state index < -0.39 is 41.3 Å². The van der Waals surface area contributed by atoms with Crippen LogP contribution in [0.4, 0.5) is 0 Å². The van der Waals surface area contributed by atoms with Gasteiger partial charge in [0.2, 0.25) is 11.8 Å². The van der Waals surface area contributed by atoms with E-state index in [2.05, 4.69) is 34.0 Å². The van der Waals surface area contributed by atoms with Crippen molar-refractivity contribution in [3.63, 3.8) is 0 Å². The number of hydrogen-bond donors (Lipinski definition) is 4. The minimum Gasteiger partial charge on any atom is -0.480 e. The molecular formula is C31H43N5O5. The SMILES string of the molecule is CCc1ccc2ccc(/C=C/C(C)(C)C(=O)NC(C(=O)NC(C)C(=O)N3CCCC(C(=O)O)N3)C(C)CC)cc2n1. The second-order valence-electron chi connectivity index (χ2n) is 11.4. The number of aliphatic carboxylic acids is 1. The lowest BCUT2D eigenvalue weighted by Gasteiger charge is -2.34. The molecule has 10 heteroatoms. The average Bonchev–Trinajstić information content (AvgIpc) is 2.97. The molecule has 3 rings (SSSR count). The lowest BCUT2D eigenvalue weighted by molar-refractivity contribution is -0.148. The van der Waals surface area contributed by atoms with Gasteiger partial charge in [-0.3, -0.25) is 29.2 Å². The summed E-state index contributed by atoms with van der Waals surface area (Å²) in [5, 5.41) is 17.2. The standard InChI is InChI=1S/C31H43N5O5/c1-7-19(3)26(27(37)32-20(4)28(38)36-17-9-10-24(35-36)29(39)40)34-30(41)31(5,6)16-15-21-11-12-22-13-14-23(8-2)33-25(22)18-21/h11-16,18-20,24,26,35H,7-10,17H2,1-6H3,(H,32,37)(H,34,41)(H,39,40)/b16-15+. The van der Waals surface area contributed by atoms with Crippen LogP contribution in [0.1, 0.15) is 72.1 Å². The van der Waals surface area contributed by atoms with Gasteiger partial charge in [0.15, 0.2) is 0 Å². The number of hydrazine groups is 1. The maximum Gasteiger partial charge on any atom is 0.322 e. The van der Waals surface area contributed by atoms with Gasteiger partial charge in [-0.05, 0) is 63.6 Å². The van der Waals surface area contributed by atoms with E-state index >= 15 is 0 Å². The van der Waals surface area contributed by atoms with Crippen LogP contribution < -0.4 is 16.1 Å². The fourth-order valence-corrected chi connectivity index (χ4v) is 4.61. The fourth-order valence-electron chi connectivity index (χ4n) is 4.61. The number of carbonyl (C=O) groups is 4. The van der Waals surface area contributed by atoms with Gasteiger partial charge >= 0.3 is 5.97 Å². The first-order valence-electron chi connectivity index (χ1n) is 14.4. The van der Waals surface area contributed by atoms with Crippen molar-refractivity contribution in [1.82, 2.24) is 26.1 Å². The van der Waals surface area contributed by atoms with Crippen LogP contribution in [-0.2, 0) is 25.6 Å². The van der Waals surface area contributed by atoms with Gasteiger partial charge in [-0.25, -0.2) is 5.43 Å². The number of fused-ring (bicyclic) bond motifs is 1. The molecule has 0 saturated carbocycles. The van der Waals surface area contributed by atoms with Crippen LogP contribution in [0.5, 0.6) is 0 Å². The molecule has 2 aromatic rings. The fraction of sp³-hybridized carbons (Fsp3) is 0.516. The summed E-state index contributed by atoms with van der Waals surface area (Å²) in [6, 6.07) is 7.43. The highest BCUT2D eigenvalue weighted by atomic mass is 16.4. The molecular weight excluding hydrogens is 522 g/mol. The Bertz CT molecular complexity index is 1310. The number of hydrogen-bond acceptors (Lipinski definition) is 6. The Morgan fingerprint density at radius 2 is 1.85 bits per heavy atom. The Morgan fingerprint density at radius 3 is 2.51 bits per heavy atom. The predicted molar refractivity (Wildman–Crippen MR) is 158 cm³/mol. The minimum absolute atomic E-state index is 0.190. The van der Waals surface area contributed by atoms with Crippen molar-refractivity contribution in [2.75, 3.05) is 6.54 Å². The molecule has 3 amide bonds. The van der Waals surface area contributed by atoms with Crippen LogP contribution in [-0.4, -0.2) is 63.5 Å². The van der Waals surface area contributed by atoms with Gasteiger partial charge in [0, 0.05) is 17.6 Å². The molecule has 1 aliphatic heterocycles.